The standard InChI is InChI=1S/C16H16Br2O2.C16H18O/c1-9-11(17)5-7-13(19-3)15(9)16-10(2)12(18)6-8-14(16)20-4;1-11-7-5-8-12(2)15(11)16-13(3)9-6-10-14(16)17-4/h5-8H,1-4H3;5-10H,1-4H3. The Morgan fingerprint density at radius 3 is 1.19 bits per heavy atom. The van der Waals surface area contributed by atoms with Gasteiger partial charge in [0, 0.05) is 25.6 Å². The van der Waals surface area contributed by atoms with Crippen LogP contribution in [0.5, 0.6) is 17.2 Å². The third kappa shape index (κ3) is 6.05. The number of benzene rings is 4. The van der Waals surface area contributed by atoms with Crippen LogP contribution in [0.3, 0.4) is 0 Å². The van der Waals surface area contributed by atoms with E-state index in [1.54, 1.807) is 21.3 Å². The lowest BCUT2D eigenvalue weighted by atomic mass is 9.92. The summed E-state index contributed by atoms with van der Waals surface area (Å²) >= 11 is 7.18. The molecule has 0 saturated heterocycles. The van der Waals surface area contributed by atoms with E-state index in [9.17, 15) is 0 Å². The summed E-state index contributed by atoms with van der Waals surface area (Å²) in [5.74, 6) is 2.62. The third-order valence-corrected chi connectivity index (χ3v) is 8.31. The summed E-state index contributed by atoms with van der Waals surface area (Å²) in [4.78, 5) is 0. The van der Waals surface area contributed by atoms with E-state index in [-0.39, 0.29) is 0 Å². The van der Waals surface area contributed by atoms with Gasteiger partial charge in [0.05, 0.1) is 21.3 Å². The Bertz CT molecular complexity index is 1330. The van der Waals surface area contributed by atoms with Crippen molar-refractivity contribution in [2.45, 2.75) is 34.6 Å². The van der Waals surface area contributed by atoms with E-state index >= 15 is 0 Å². The molecule has 0 radical (unpaired) electrons. The molecule has 0 heterocycles. The van der Waals surface area contributed by atoms with E-state index in [0.29, 0.717) is 0 Å². The van der Waals surface area contributed by atoms with Crippen molar-refractivity contribution in [3.05, 3.63) is 97.4 Å². The second kappa shape index (κ2) is 12.7. The summed E-state index contributed by atoms with van der Waals surface area (Å²) in [6.07, 6.45) is 0. The molecule has 0 atom stereocenters. The summed E-state index contributed by atoms with van der Waals surface area (Å²) in [5.41, 5.74) is 10.7. The van der Waals surface area contributed by atoms with Crippen molar-refractivity contribution in [1.29, 1.82) is 0 Å². The Balaban J connectivity index is 0.000000208. The predicted octanol–water partition coefficient (Wildman–Crippen LogP) is 9.80. The van der Waals surface area contributed by atoms with Gasteiger partial charge in [0.25, 0.3) is 0 Å². The Hall–Kier alpha value is -2.76. The van der Waals surface area contributed by atoms with Crippen molar-refractivity contribution < 1.29 is 14.2 Å². The molecule has 3 nitrogen and oxygen atoms in total. The van der Waals surface area contributed by atoms with E-state index in [0.717, 1.165) is 48.4 Å². The van der Waals surface area contributed by atoms with Gasteiger partial charge < -0.3 is 14.2 Å². The van der Waals surface area contributed by atoms with Gasteiger partial charge in [0.2, 0.25) is 0 Å². The van der Waals surface area contributed by atoms with Crippen LogP contribution < -0.4 is 14.2 Å². The van der Waals surface area contributed by atoms with Gasteiger partial charge in [-0.3, -0.25) is 0 Å². The van der Waals surface area contributed by atoms with Gasteiger partial charge in [-0.05, 0) is 98.3 Å². The molecule has 4 rings (SSSR count). The lowest BCUT2D eigenvalue weighted by molar-refractivity contribution is 0.409. The number of hydrogen-bond donors (Lipinski definition) is 0. The first kappa shape index (κ1) is 28.8. The Morgan fingerprint density at radius 2 is 0.784 bits per heavy atom. The Kier molecular flexibility index (Phi) is 9.86. The number of ether oxygens (including phenoxy) is 3. The van der Waals surface area contributed by atoms with Crippen molar-refractivity contribution in [1.82, 2.24) is 0 Å². The van der Waals surface area contributed by atoms with Crippen LogP contribution >= 0.6 is 31.9 Å². The smallest absolute Gasteiger partial charge is 0.127 e. The third-order valence-electron chi connectivity index (χ3n) is 6.60. The number of rotatable bonds is 5. The lowest BCUT2D eigenvalue weighted by Gasteiger charge is -2.19. The Morgan fingerprint density at radius 1 is 0.432 bits per heavy atom. The molecule has 0 aliphatic carbocycles. The molecule has 0 aromatic heterocycles. The molecule has 0 unspecified atom stereocenters. The van der Waals surface area contributed by atoms with E-state index < -0.39 is 0 Å². The highest BCUT2D eigenvalue weighted by molar-refractivity contribution is 9.10. The molecule has 37 heavy (non-hydrogen) atoms. The first-order chi connectivity index (χ1) is 17.7. The molecule has 0 bridgehead atoms. The fourth-order valence-electron chi connectivity index (χ4n) is 4.62. The van der Waals surface area contributed by atoms with Crippen LogP contribution in [0.25, 0.3) is 22.3 Å². The molecule has 0 fully saturated rings. The van der Waals surface area contributed by atoms with Gasteiger partial charge in [-0.2, -0.15) is 0 Å². The van der Waals surface area contributed by atoms with Crippen molar-refractivity contribution in [3.8, 4) is 39.5 Å². The lowest BCUT2D eigenvalue weighted by Crippen LogP contribution is -1.97. The molecule has 194 valence electrons. The van der Waals surface area contributed by atoms with Crippen molar-refractivity contribution in [2.24, 2.45) is 0 Å². The molecular formula is C32H34Br2O3. The summed E-state index contributed by atoms with van der Waals surface area (Å²) < 4.78 is 18.7. The van der Waals surface area contributed by atoms with Crippen LogP contribution in [0.1, 0.15) is 27.8 Å². The number of hydrogen-bond acceptors (Lipinski definition) is 3. The monoisotopic (exact) mass is 624 g/mol. The molecule has 0 amide bonds. The molecule has 0 aliphatic rings. The van der Waals surface area contributed by atoms with E-state index in [1.165, 1.54) is 27.8 Å². The van der Waals surface area contributed by atoms with Gasteiger partial charge in [0.15, 0.2) is 0 Å². The van der Waals surface area contributed by atoms with Crippen molar-refractivity contribution in [3.63, 3.8) is 0 Å². The average molecular weight is 626 g/mol. The SMILES string of the molecule is COc1ccc(Br)c(C)c1-c1c(OC)ccc(Br)c1C.COc1cccc(C)c1-c1c(C)cccc1C. The van der Waals surface area contributed by atoms with Crippen molar-refractivity contribution in [2.75, 3.05) is 21.3 Å². The first-order valence-corrected chi connectivity index (χ1v) is 13.6. The van der Waals surface area contributed by atoms with Crippen molar-refractivity contribution >= 4 is 31.9 Å². The zero-order valence-corrected chi connectivity index (χ0v) is 25.9. The molecule has 0 saturated carbocycles. The zero-order chi connectivity index (χ0) is 27.3. The van der Waals surface area contributed by atoms with Gasteiger partial charge in [0.1, 0.15) is 17.2 Å². The zero-order valence-electron chi connectivity index (χ0n) is 22.8. The fourth-order valence-corrected chi connectivity index (χ4v) is 5.29. The fraction of sp³-hybridized carbons (Fsp3) is 0.250. The predicted molar refractivity (Wildman–Crippen MR) is 162 cm³/mol. The number of methoxy groups -OCH3 is 3. The maximum Gasteiger partial charge on any atom is 0.127 e. The Labute approximate surface area is 238 Å². The quantitative estimate of drug-likeness (QED) is 0.221. The van der Waals surface area contributed by atoms with Crippen LogP contribution in [0.15, 0.2) is 69.6 Å². The second-order valence-corrected chi connectivity index (χ2v) is 10.6. The maximum absolute atomic E-state index is 5.54. The molecule has 4 aromatic carbocycles. The molecule has 4 aromatic rings. The van der Waals surface area contributed by atoms with Crippen LogP contribution in [0.2, 0.25) is 0 Å². The minimum Gasteiger partial charge on any atom is -0.496 e. The number of aryl methyl sites for hydroxylation is 3. The topological polar surface area (TPSA) is 27.7 Å². The average Bonchev–Trinajstić information content (AvgIpc) is 2.88. The highest BCUT2D eigenvalue weighted by Crippen LogP contribution is 2.44. The molecule has 5 heteroatoms. The minimum absolute atomic E-state index is 0.838. The van der Waals surface area contributed by atoms with E-state index in [4.69, 9.17) is 14.2 Å². The maximum atomic E-state index is 5.54. The van der Waals surface area contributed by atoms with Gasteiger partial charge in [-0.25, -0.2) is 0 Å². The highest BCUT2D eigenvalue weighted by Gasteiger charge is 2.19. The van der Waals surface area contributed by atoms with Crippen LogP contribution in [-0.2, 0) is 0 Å². The van der Waals surface area contributed by atoms with Crippen LogP contribution in [0.4, 0.5) is 0 Å². The molecule has 0 spiro atoms. The highest BCUT2D eigenvalue weighted by atomic mass is 79.9. The first-order valence-electron chi connectivity index (χ1n) is 12.0. The largest absolute Gasteiger partial charge is 0.496 e. The summed E-state index contributed by atoms with van der Waals surface area (Å²) in [6.45, 7) is 10.6. The normalized spacial score (nSPS) is 10.4. The summed E-state index contributed by atoms with van der Waals surface area (Å²) in [6, 6.07) is 20.5. The van der Waals surface area contributed by atoms with Gasteiger partial charge in [-0.1, -0.05) is 62.2 Å². The molecule has 0 N–H and O–H groups in total. The minimum atomic E-state index is 0.838. The summed E-state index contributed by atoms with van der Waals surface area (Å²) in [5, 5.41) is 0. The second-order valence-electron chi connectivity index (χ2n) is 8.92. The van der Waals surface area contributed by atoms with Crippen LogP contribution in [-0.4, -0.2) is 21.3 Å². The molecule has 0 aliphatic heterocycles. The van der Waals surface area contributed by atoms with E-state index in [2.05, 4.69) is 90.7 Å². The van der Waals surface area contributed by atoms with Gasteiger partial charge >= 0.3 is 0 Å². The van der Waals surface area contributed by atoms with E-state index in [1.807, 2.05) is 36.4 Å². The van der Waals surface area contributed by atoms with Gasteiger partial charge in [-0.15, -0.1) is 0 Å². The number of halogens is 2. The van der Waals surface area contributed by atoms with Crippen LogP contribution in [0, 0.1) is 34.6 Å². The summed E-state index contributed by atoms with van der Waals surface area (Å²) in [7, 11) is 5.10. The molecular weight excluding hydrogens is 592 g/mol.